The average Bonchev–Trinajstić information content (AvgIpc) is 2.74. The number of para-hydroxylation sites is 2. The molecule has 1 N–H and O–H groups in total. The number of nitrogens with one attached hydrogen (secondary N) is 1. The molecule has 4 aromatic rings. The van der Waals surface area contributed by atoms with Crippen LogP contribution in [0.1, 0.15) is 11.1 Å². The predicted molar refractivity (Wildman–Crippen MR) is 117 cm³/mol. The zero-order valence-electron chi connectivity index (χ0n) is 15.3. The normalized spacial score (nSPS) is 10.7. The van der Waals surface area contributed by atoms with Gasteiger partial charge in [-0.15, -0.1) is 0 Å². The van der Waals surface area contributed by atoms with E-state index in [1.165, 1.54) is 17.3 Å². The summed E-state index contributed by atoms with van der Waals surface area (Å²) in [5.74, 6) is 0.291. The Labute approximate surface area is 168 Å². The van der Waals surface area contributed by atoms with Gasteiger partial charge in [-0.3, -0.25) is 4.79 Å². The summed E-state index contributed by atoms with van der Waals surface area (Å²) in [6, 6.07) is 30.2. The summed E-state index contributed by atoms with van der Waals surface area (Å²) in [6.45, 7) is 0. The van der Waals surface area contributed by atoms with Crippen LogP contribution in [0.2, 0.25) is 0 Å². The van der Waals surface area contributed by atoms with Gasteiger partial charge < -0.3 is 5.32 Å². The topological polar surface area (TPSA) is 42.0 Å². The lowest BCUT2D eigenvalue weighted by Crippen LogP contribution is -2.14. The van der Waals surface area contributed by atoms with Crippen molar-refractivity contribution in [3.05, 3.63) is 102 Å². The fraction of sp³-hybridized carbons (Fsp3) is 0.0833. The van der Waals surface area contributed by atoms with Crippen molar-refractivity contribution in [3.63, 3.8) is 0 Å². The molecule has 1 aromatic heterocycles. The van der Waals surface area contributed by atoms with Crippen LogP contribution in [0.4, 0.5) is 5.69 Å². The fourth-order valence-electron chi connectivity index (χ4n) is 3.06. The molecule has 4 rings (SSSR count). The summed E-state index contributed by atoms with van der Waals surface area (Å²) >= 11 is 1.49. The predicted octanol–water partition coefficient (Wildman–Crippen LogP) is 5.56. The third-order valence-electron chi connectivity index (χ3n) is 4.40. The fourth-order valence-corrected chi connectivity index (χ4v) is 3.88. The van der Waals surface area contributed by atoms with Crippen molar-refractivity contribution in [2.75, 3.05) is 11.1 Å². The SMILES string of the molecule is O=C(CSc1nc2ccccc2cc1Cc1ccccc1)Nc1ccccc1. The van der Waals surface area contributed by atoms with Gasteiger partial charge in [0, 0.05) is 17.5 Å². The first-order valence-corrected chi connectivity index (χ1v) is 10.2. The van der Waals surface area contributed by atoms with E-state index in [1.54, 1.807) is 0 Å². The molecule has 3 nitrogen and oxygen atoms in total. The van der Waals surface area contributed by atoms with Gasteiger partial charge in [0.2, 0.25) is 5.91 Å². The van der Waals surface area contributed by atoms with Crippen LogP contribution in [0.5, 0.6) is 0 Å². The van der Waals surface area contributed by atoms with Gasteiger partial charge in [-0.25, -0.2) is 4.98 Å². The van der Waals surface area contributed by atoms with Crippen molar-refractivity contribution in [3.8, 4) is 0 Å². The van der Waals surface area contributed by atoms with Crippen molar-refractivity contribution in [2.45, 2.75) is 11.4 Å². The highest BCUT2D eigenvalue weighted by Gasteiger charge is 2.11. The minimum absolute atomic E-state index is 0.0307. The van der Waals surface area contributed by atoms with E-state index in [0.717, 1.165) is 33.6 Å². The third kappa shape index (κ3) is 4.59. The van der Waals surface area contributed by atoms with Crippen LogP contribution in [0.15, 0.2) is 96.0 Å². The number of aromatic nitrogens is 1. The van der Waals surface area contributed by atoms with Gasteiger partial charge >= 0.3 is 0 Å². The summed E-state index contributed by atoms with van der Waals surface area (Å²) in [5.41, 5.74) is 4.13. The van der Waals surface area contributed by atoms with Crippen LogP contribution in [0, 0.1) is 0 Å². The number of rotatable bonds is 6. The summed E-state index contributed by atoms with van der Waals surface area (Å²) in [7, 11) is 0. The maximum Gasteiger partial charge on any atom is 0.234 e. The zero-order valence-corrected chi connectivity index (χ0v) is 16.2. The van der Waals surface area contributed by atoms with Crippen molar-refractivity contribution in [1.82, 2.24) is 4.98 Å². The number of anilines is 1. The lowest BCUT2D eigenvalue weighted by Gasteiger charge is -2.11. The standard InChI is InChI=1S/C24H20N2OS/c27-23(25-21-12-5-2-6-13-21)17-28-24-20(15-18-9-3-1-4-10-18)16-19-11-7-8-14-22(19)26-24/h1-14,16H,15,17H2,(H,25,27). The van der Waals surface area contributed by atoms with Crippen molar-refractivity contribution in [1.29, 1.82) is 0 Å². The molecule has 4 heteroatoms. The number of pyridine rings is 1. The zero-order chi connectivity index (χ0) is 19.2. The van der Waals surface area contributed by atoms with E-state index in [1.807, 2.05) is 66.7 Å². The Bertz CT molecular complexity index is 1080. The number of amides is 1. The maximum atomic E-state index is 12.4. The van der Waals surface area contributed by atoms with Crippen LogP contribution >= 0.6 is 11.8 Å². The number of hydrogen-bond acceptors (Lipinski definition) is 3. The Morgan fingerprint density at radius 3 is 2.32 bits per heavy atom. The van der Waals surface area contributed by atoms with Crippen molar-refractivity contribution >= 4 is 34.3 Å². The molecule has 0 radical (unpaired) electrons. The lowest BCUT2D eigenvalue weighted by atomic mass is 10.0. The first-order valence-electron chi connectivity index (χ1n) is 9.18. The van der Waals surface area contributed by atoms with Crippen LogP contribution in [-0.4, -0.2) is 16.6 Å². The van der Waals surface area contributed by atoms with Gasteiger partial charge in [0.05, 0.1) is 11.3 Å². The van der Waals surface area contributed by atoms with E-state index in [-0.39, 0.29) is 5.91 Å². The molecule has 0 aliphatic rings. The monoisotopic (exact) mass is 384 g/mol. The van der Waals surface area contributed by atoms with E-state index in [2.05, 4.69) is 29.6 Å². The number of carbonyl (C=O) groups is 1. The van der Waals surface area contributed by atoms with Gasteiger partial charge in [0.1, 0.15) is 5.03 Å². The highest BCUT2D eigenvalue weighted by Crippen LogP contribution is 2.27. The third-order valence-corrected chi connectivity index (χ3v) is 5.43. The molecule has 3 aromatic carbocycles. The Kier molecular flexibility index (Phi) is 5.69. The average molecular weight is 385 g/mol. The van der Waals surface area contributed by atoms with Gasteiger partial charge in [-0.05, 0) is 35.4 Å². The molecule has 0 atom stereocenters. The quantitative estimate of drug-likeness (QED) is 0.443. The second-order valence-corrected chi connectivity index (χ2v) is 7.47. The number of benzene rings is 3. The number of thioether (sulfide) groups is 1. The van der Waals surface area contributed by atoms with Gasteiger partial charge in [0.15, 0.2) is 0 Å². The van der Waals surface area contributed by atoms with Gasteiger partial charge in [-0.2, -0.15) is 0 Å². The first-order chi connectivity index (χ1) is 13.8. The summed E-state index contributed by atoms with van der Waals surface area (Å²) < 4.78 is 0. The Morgan fingerprint density at radius 1 is 0.857 bits per heavy atom. The minimum Gasteiger partial charge on any atom is -0.325 e. The molecular weight excluding hydrogens is 364 g/mol. The molecule has 28 heavy (non-hydrogen) atoms. The lowest BCUT2D eigenvalue weighted by molar-refractivity contribution is -0.113. The van der Waals surface area contributed by atoms with E-state index < -0.39 is 0 Å². The van der Waals surface area contributed by atoms with E-state index in [0.29, 0.717) is 5.75 Å². The van der Waals surface area contributed by atoms with Crippen LogP contribution in [-0.2, 0) is 11.2 Å². The van der Waals surface area contributed by atoms with E-state index in [4.69, 9.17) is 4.98 Å². The van der Waals surface area contributed by atoms with Crippen molar-refractivity contribution < 1.29 is 4.79 Å². The van der Waals surface area contributed by atoms with Gasteiger partial charge in [-0.1, -0.05) is 78.5 Å². The largest absolute Gasteiger partial charge is 0.325 e. The molecule has 0 bridgehead atoms. The number of hydrogen-bond donors (Lipinski definition) is 1. The molecule has 0 unspecified atom stereocenters. The molecule has 0 fully saturated rings. The Balaban J connectivity index is 1.55. The number of carbonyl (C=O) groups excluding carboxylic acids is 1. The molecule has 1 amide bonds. The van der Waals surface area contributed by atoms with Crippen molar-refractivity contribution in [2.24, 2.45) is 0 Å². The van der Waals surface area contributed by atoms with Crippen LogP contribution in [0.25, 0.3) is 10.9 Å². The first kappa shape index (κ1) is 18.3. The molecule has 138 valence electrons. The van der Waals surface area contributed by atoms with E-state index in [9.17, 15) is 4.79 Å². The highest BCUT2D eigenvalue weighted by molar-refractivity contribution is 8.00. The number of fused-ring (bicyclic) bond motifs is 1. The molecule has 0 saturated heterocycles. The maximum absolute atomic E-state index is 12.4. The highest BCUT2D eigenvalue weighted by atomic mass is 32.2. The second kappa shape index (κ2) is 8.72. The molecule has 0 spiro atoms. The molecular formula is C24H20N2OS. The number of nitrogens with zero attached hydrogens (tertiary/aromatic N) is 1. The Morgan fingerprint density at radius 2 is 1.54 bits per heavy atom. The molecule has 0 saturated carbocycles. The summed E-state index contributed by atoms with van der Waals surface area (Å²) in [4.78, 5) is 17.2. The molecule has 1 heterocycles. The smallest absolute Gasteiger partial charge is 0.234 e. The summed E-state index contributed by atoms with van der Waals surface area (Å²) in [6.07, 6.45) is 0.793. The van der Waals surface area contributed by atoms with E-state index >= 15 is 0 Å². The minimum atomic E-state index is -0.0307. The summed E-state index contributed by atoms with van der Waals surface area (Å²) in [5, 5.41) is 4.96. The van der Waals surface area contributed by atoms with Crippen LogP contribution < -0.4 is 5.32 Å². The Hall–Kier alpha value is -3.11. The molecule has 0 aliphatic carbocycles. The second-order valence-electron chi connectivity index (χ2n) is 6.51. The van der Waals surface area contributed by atoms with Gasteiger partial charge in [0.25, 0.3) is 0 Å². The van der Waals surface area contributed by atoms with Crippen LogP contribution in [0.3, 0.4) is 0 Å². The molecule has 0 aliphatic heterocycles.